The van der Waals surface area contributed by atoms with Crippen LogP contribution >= 0.6 is 0 Å². The normalized spacial score (nSPS) is 10.5. The third kappa shape index (κ3) is 13.7. The Morgan fingerprint density at radius 3 is 1.53 bits per heavy atom. The maximum atomic E-state index is 3.93. The largest absolute Gasteiger partial charge is 0.100 e. The summed E-state index contributed by atoms with van der Waals surface area (Å²) in [5.74, 6) is 0. The van der Waals surface area contributed by atoms with Gasteiger partial charge in [-0.2, -0.15) is 0 Å². The minimum atomic E-state index is 1.11. The fourth-order valence-electron chi connectivity index (χ4n) is 1.84. The summed E-state index contributed by atoms with van der Waals surface area (Å²) in [4.78, 5) is 0. The maximum Gasteiger partial charge on any atom is -0.0326 e. The van der Waals surface area contributed by atoms with Gasteiger partial charge in [-0.25, -0.2) is 0 Å². The Hall–Kier alpha value is -0.260. The molecule has 0 aliphatic rings. The van der Waals surface area contributed by atoms with E-state index in [4.69, 9.17) is 0 Å². The number of allylic oxidation sites excluding steroid dienone is 1. The Labute approximate surface area is 97.2 Å². The van der Waals surface area contributed by atoms with E-state index in [1.54, 1.807) is 0 Å². The van der Waals surface area contributed by atoms with E-state index in [0.717, 1.165) is 6.42 Å². The van der Waals surface area contributed by atoms with Crippen molar-refractivity contribution >= 4 is 0 Å². The van der Waals surface area contributed by atoms with Crippen molar-refractivity contribution in [3.8, 4) is 0 Å². The van der Waals surface area contributed by atoms with Crippen LogP contribution in [-0.2, 0) is 0 Å². The van der Waals surface area contributed by atoms with E-state index in [1.807, 2.05) is 0 Å². The molecule has 0 aromatic heterocycles. The zero-order valence-corrected chi connectivity index (χ0v) is 10.7. The van der Waals surface area contributed by atoms with Crippen molar-refractivity contribution in [2.45, 2.75) is 77.6 Å². The van der Waals surface area contributed by atoms with Crippen molar-refractivity contribution in [1.82, 2.24) is 0 Å². The van der Waals surface area contributed by atoms with E-state index in [2.05, 4.69) is 20.4 Å². The molecule has 0 N–H and O–H groups in total. The Morgan fingerprint density at radius 1 is 0.733 bits per heavy atom. The fraction of sp³-hybridized carbons (Fsp3) is 0.800. The highest BCUT2D eigenvalue weighted by Crippen LogP contribution is 2.12. The molecular formula is C15H29. The van der Waals surface area contributed by atoms with Crippen LogP contribution in [0.25, 0.3) is 0 Å². The Bertz CT molecular complexity index is 135. The van der Waals surface area contributed by atoms with Gasteiger partial charge in [0.25, 0.3) is 0 Å². The van der Waals surface area contributed by atoms with Crippen molar-refractivity contribution in [2.75, 3.05) is 0 Å². The topological polar surface area (TPSA) is 0 Å². The molecule has 1 radical (unpaired) electrons. The average molecular weight is 209 g/mol. The molecule has 0 heterocycles. The van der Waals surface area contributed by atoms with Crippen molar-refractivity contribution in [1.29, 1.82) is 0 Å². The van der Waals surface area contributed by atoms with Crippen molar-refractivity contribution in [3.05, 3.63) is 19.1 Å². The average Bonchev–Trinajstić information content (AvgIpc) is 2.20. The van der Waals surface area contributed by atoms with Crippen molar-refractivity contribution in [3.63, 3.8) is 0 Å². The van der Waals surface area contributed by atoms with Gasteiger partial charge in [-0.1, -0.05) is 70.3 Å². The predicted octanol–water partition coefficient (Wildman–Crippen LogP) is 5.69. The molecule has 15 heavy (non-hydrogen) atoms. The van der Waals surface area contributed by atoms with Gasteiger partial charge in [0.1, 0.15) is 0 Å². The number of rotatable bonds is 11. The second-order valence-corrected chi connectivity index (χ2v) is 4.74. The lowest BCUT2D eigenvalue weighted by Gasteiger charge is -2.02. The molecule has 0 aromatic rings. The summed E-state index contributed by atoms with van der Waals surface area (Å²) in [5, 5.41) is 0. The molecule has 0 rings (SSSR count). The first-order chi connectivity index (χ1) is 7.27. The summed E-state index contributed by atoms with van der Waals surface area (Å²) >= 11 is 0. The zero-order chi connectivity index (χ0) is 11.4. The van der Waals surface area contributed by atoms with E-state index in [0.29, 0.717) is 0 Å². The SMILES string of the molecule is [CH2]CCCCCCCCCCCC(=C)C. The molecule has 0 spiro atoms. The van der Waals surface area contributed by atoms with Gasteiger partial charge in [-0.3, -0.25) is 0 Å². The summed E-state index contributed by atoms with van der Waals surface area (Å²) in [6, 6.07) is 0. The van der Waals surface area contributed by atoms with Crippen LogP contribution < -0.4 is 0 Å². The highest BCUT2D eigenvalue weighted by molar-refractivity contribution is 4.86. The molecule has 0 unspecified atom stereocenters. The van der Waals surface area contributed by atoms with Crippen LogP contribution in [-0.4, -0.2) is 0 Å². The molecule has 0 saturated heterocycles. The molecule has 0 atom stereocenters. The molecule has 0 aromatic carbocycles. The zero-order valence-electron chi connectivity index (χ0n) is 10.7. The van der Waals surface area contributed by atoms with Gasteiger partial charge >= 0.3 is 0 Å². The molecule has 0 fully saturated rings. The van der Waals surface area contributed by atoms with Gasteiger partial charge in [0.05, 0.1) is 0 Å². The Morgan fingerprint density at radius 2 is 1.13 bits per heavy atom. The van der Waals surface area contributed by atoms with E-state index in [-0.39, 0.29) is 0 Å². The van der Waals surface area contributed by atoms with E-state index in [1.165, 1.54) is 69.8 Å². The lowest BCUT2D eigenvalue weighted by molar-refractivity contribution is 0.559. The quantitative estimate of drug-likeness (QED) is 0.303. The number of hydrogen-bond acceptors (Lipinski definition) is 0. The van der Waals surface area contributed by atoms with Crippen LogP contribution in [0.15, 0.2) is 12.2 Å². The second kappa shape index (κ2) is 11.8. The van der Waals surface area contributed by atoms with E-state index in [9.17, 15) is 0 Å². The minimum Gasteiger partial charge on any atom is -0.100 e. The summed E-state index contributed by atoms with van der Waals surface area (Å²) in [6.45, 7) is 9.91. The first-order valence-electron chi connectivity index (χ1n) is 6.71. The van der Waals surface area contributed by atoms with Crippen LogP contribution in [0, 0.1) is 6.92 Å². The molecule has 0 amide bonds. The first-order valence-corrected chi connectivity index (χ1v) is 6.71. The van der Waals surface area contributed by atoms with Gasteiger partial charge in [0, 0.05) is 0 Å². The molecule has 0 aliphatic heterocycles. The van der Waals surface area contributed by atoms with Crippen LogP contribution in [0.5, 0.6) is 0 Å². The molecule has 0 aliphatic carbocycles. The highest BCUT2D eigenvalue weighted by atomic mass is 14.0. The predicted molar refractivity (Wildman–Crippen MR) is 71.0 cm³/mol. The summed E-state index contributed by atoms with van der Waals surface area (Å²) in [7, 11) is 0. The Kier molecular flexibility index (Phi) is 11.6. The van der Waals surface area contributed by atoms with E-state index < -0.39 is 0 Å². The number of unbranched alkanes of at least 4 members (excludes halogenated alkanes) is 9. The van der Waals surface area contributed by atoms with Gasteiger partial charge in [0.2, 0.25) is 0 Å². The Balaban J connectivity index is 2.89. The van der Waals surface area contributed by atoms with E-state index >= 15 is 0 Å². The summed E-state index contributed by atoms with van der Waals surface area (Å²) in [6.07, 6.45) is 14.9. The lowest BCUT2D eigenvalue weighted by Crippen LogP contribution is -1.82. The smallest absolute Gasteiger partial charge is 0.0326 e. The van der Waals surface area contributed by atoms with Crippen molar-refractivity contribution in [2.24, 2.45) is 0 Å². The molecule has 0 bridgehead atoms. The lowest BCUT2D eigenvalue weighted by atomic mass is 10.0. The van der Waals surface area contributed by atoms with Gasteiger partial charge in [-0.05, 0) is 19.8 Å². The third-order valence-corrected chi connectivity index (χ3v) is 2.85. The fourth-order valence-corrected chi connectivity index (χ4v) is 1.84. The van der Waals surface area contributed by atoms with Gasteiger partial charge < -0.3 is 0 Å². The third-order valence-electron chi connectivity index (χ3n) is 2.85. The minimum absolute atomic E-state index is 1.11. The van der Waals surface area contributed by atoms with Gasteiger partial charge in [-0.15, -0.1) is 6.58 Å². The van der Waals surface area contributed by atoms with Gasteiger partial charge in [0.15, 0.2) is 0 Å². The van der Waals surface area contributed by atoms with Crippen molar-refractivity contribution < 1.29 is 0 Å². The standard InChI is InChI=1S/C15H29/c1-4-5-6-7-8-9-10-11-12-13-14-15(2)3/h1-2,4-14H2,3H3. The molecule has 89 valence electrons. The molecule has 0 heteroatoms. The summed E-state index contributed by atoms with van der Waals surface area (Å²) in [5.41, 5.74) is 1.34. The monoisotopic (exact) mass is 209 g/mol. The highest BCUT2D eigenvalue weighted by Gasteiger charge is 1.92. The number of hydrogen-bond donors (Lipinski definition) is 0. The maximum absolute atomic E-state index is 3.93. The van der Waals surface area contributed by atoms with Crippen LogP contribution in [0.1, 0.15) is 77.6 Å². The molecular weight excluding hydrogens is 180 g/mol. The summed E-state index contributed by atoms with van der Waals surface area (Å²) < 4.78 is 0. The van der Waals surface area contributed by atoms with Crippen LogP contribution in [0.3, 0.4) is 0 Å². The second-order valence-electron chi connectivity index (χ2n) is 4.74. The molecule has 0 nitrogen and oxygen atoms in total. The van der Waals surface area contributed by atoms with Crippen LogP contribution in [0.4, 0.5) is 0 Å². The van der Waals surface area contributed by atoms with Crippen LogP contribution in [0.2, 0.25) is 0 Å². The first kappa shape index (κ1) is 14.7. The molecule has 0 saturated carbocycles.